The lowest BCUT2D eigenvalue weighted by Gasteiger charge is -2.28. The van der Waals surface area contributed by atoms with Gasteiger partial charge in [0.2, 0.25) is 5.95 Å². The summed E-state index contributed by atoms with van der Waals surface area (Å²) in [6.07, 6.45) is -1.06. The van der Waals surface area contributed by atoms with Gasteiger partial charge in [-0.2, -0.15) is 18.2 Å². The largest absolute Gasteiger partial charge is 0.421 e. The first kappa shape index (κ1) is 20.6. The molecule has 2 unspecified atom stereocenters. The Labute approximate surface area is 164 Å². The second-order valence-electron chi connectivity index (χ2n) is 6.79. The molecule has 3 rings (SSSR count). The molecule has 2 atom stereocenters. The highest BCUT2D eigenvalue weighted by Gasteiger charge is 2.36. The zero-order chi connectivity index (χ0) is 20.3. The molecule has 0 radical (unpaired) electrons. The third-order valence-corrected chi connectivity index (χ3v) is 6.46. The Morgan fingerprint density at radius 1 is 1.32 bits per heavy atom. The van der Waals surface area contributed by atoms with E-state index in [-0.39, 0.29) is 23.1 Å². The molecular weight excluding hydrogens is 389 g/mol. The molecular formula is C19H23F3N4OS. The van der Waals surface area contributed by atoms with Crippen LogP contribution < -0.4 is 10.6 Å². The van der Waals surface area contributed by atoms with E-state index in [9.17, 15) is 17.4 Å². The number of halogens is 3. The monoisotopic (exact) mass is 412 g/mol. The van der Waals surface area contributed by atoms with Gasteiger partial charge in [0.25, 0.3) is 0 Å². The van der Waals surface area contributed by atoms with Crippen molar-refractivity contribution in [2.45, 2.75) is 50.6 Å². The van der Waals surface area contributed by atoms with Crippen molar-refractivity contribution in [3.8, 4) is 0 Å². The van der Waals surface area contributed by atoms with Crippen LogP contribution in [-0.4, -0.2) is 26.0 Å². The predicted octanol–water partition coefficient (Wildman–Crippen LogP) is 5.03. The average molecular weight is 412 g/mol. The summed E-state index contributed by atoms with van der Waals surface area (Å²) in [5.41, 5.74) is 0.641. The molecule has 0 saturated heterocycles. The van der Waals surface area contributed by atoms with Gasteiger partial charge in [-0.25, -0.2) is 4.98 Å². The van der Waals surface area contributed by atoms with Crippen LogP contribution in [0.1, 0.15) is 49.5 Å². The summed E-state index contributed by atoms with van der Waals surface area (Å²) in [5.74, 6) is 0.430. The number of hydrogen-bond donors (Lipinski definition) is 2. The Morgan fingerprint density at radius 3 is 2.68 bits per heavy atom. The Balaban J connectivity index is 1.84. The lowest BCUT2D eigenvalue weighted by atomic mass is 9.93. The SMILES string of the molecule is CCS(=O)C(C)c1cccc(Nc2ncc(C(F)(F)F)c(NC3CCC3)n2)c1. The quantitative estimate of drug-likeness (QED) is 0.667. The van der Waals surface area contributed by atoms with Gasteiger partial charge in [-0.05, 0) is 43.9 Å². The minimum Gasteiger partial charge on any atom is -0.367 e. The van der Waals surface area contributed by atoms with Gasteiger partial charge in [0.15, 0.2) is 0 Å². The number of benzene rings is 1. The van der Waals surface area contributed by atoms with E-state index in [1.807, 2.05) is 26.0 Å². The summed E-state index contributed by atoms with van der Waals surface area (Å²) < 4.78 is 51.8. The van der Waals surface area contributed by atoms with Crippen molar-refractivity contribution in [1.29, 1.82) is 0 Å². The molecule has 1 fully saturated rings. The van der Waals surface area contributed by atoms with Gasteiger partial charge >= 0.3 is 6.18 Å². The van der Waals surface area contributed by atoms with Crippen LogP contribution in [0.3, 0.4) is 0 Å². The molecule has 0 amide bonds. The van der Waals surface area contributed by atoms with Crippen molar-refractivity contribution in [3.63, 3.8) is 0 Å². The van der Waals surface area contributed by atoms with E-state index in [0.29, 0.717) is 11.4 Å². The molecule has 0 aliphatic heterocycles. The zero-order valence-electron chi connectivity index (χ0n) is 15.7. The summed E-state index contributed by atoms with van der Waals surface area (Å²) in [7, 11) is -0.990. The standard InChI is InChI=1S/C19H23F3N4OS/c1-3-28(27)12(2)13-6-4-9-15(10-13)25-18-23-11-16(19(20,21)22)17(26-18)24-14-7-5-8-14/h4,6,9-12,14H,3,5,7-8H2,1-2H3,(H2,23,24,25,26). The maximum absolute atomic E-state index is 13.3. The number of rotatable bonds is 7. The van der Waals surface area contributed by atoms with Crippen LogP contribution in [0.5, 0.6) is 0 Å². The van der Waals surface area contributed by atoms with E-state index in [0.717, 1.165) is 31.0 Å². The van der Waals surface area contributed by atoms with Gasteiger partial charge in [-0.3, -0.25) is 4.21 Å². The van der Waals surface area contributed by atoms with E-state index in [1.54, 1.807) is 12.1 Å². The lowest BCUT2D eigenvalue weighted by Crippen LogP contribution is -2.29. The molecule has 1 aliphatic carbocycles. The Kier molecular flexibility index (Phi) is 6.22. The fourth-order valence-electron chi connectivity index (χ4n) is 2.91. The summed E-state index contributed by atoms with van der Waals surface area (Å²) in [6.45, 7) is 3.75. The number of nitrogens with one attached hydrogen (secondary N) is 2. The minimum atomic E-state index is -4.52. The van der Waals surface area contributed by atoms with E-state index < -0.39 is 22.5 Å². The van der Waals surface area contributed by atoms with Crippen LogP contribution in [0.25, 0.3) is 0 Å². The van der Waals surface area contributed by atoms with Gasteiger partial charge in [-0.15, -0.1) is 0 Å². The summed E-state index contributed by atoms with van der Waals surface area (Å²) >= 11 is 0. The van der Waals surface area contributed by atoms with Crippen molar-refractivity contribution in [2.24, 2.45) is 0 Å². The molecule has 1 saturated carbocycles. The first-order chi connectivity index (χ1) is 13.3. The number of nitrogens with zero attached hydrogens (tertiary/aromatic N) is 2. The maximum atomic E-state index is 13.3. The van der Waals surface area contributed by atoms with Crippen molar-refractivity contribution in [2.75, 3.05) is 16.4 Å². The molecule has 1 aliphatic rings. The van der Waals surface area contributed by atoms with Gasteiger partial charge in [-0.1, -0.05) is 19.1 Å². The highest BCUT2D eigenvalue weighted by molar-refractivity contribution is 7.85. The minimum absolute atomic E-state index is 0.0112. The summed E-state index contributed by atoms with van der Waals surface area (Å²) in [6, 6.07) is 7.28. The number of hydrogen-bond acceptors (Lipinski definition) is 5. The molecule has 152 valence electrons. The van der Waals surface area contributed by atoms with E-state index in [1.165, 1.54) is 0 Å². The predicted molar refractivity (Wildman–Crippen MR) is 105 cm³/mol. The fourth-order valence-corrected chi connectivity index (χ4v) is 3.86. The van der Waals surface area contributed by atoms with Crippen molar-refractivity contribution >= 4 is 28.3 Å². The second kappa shape index (κ2) is 8.46. The third-order valence-electron chi connectivity index (χ3n) is 4.83. The van der Waals surface area contributed by atoms with E-state index >= 15 is 0 Å². The molecule has 0 bridgehead atoms. The van der Waals surface area contributed by atoms with Crippen molar-refractivity contribution in [3.05, 3.63) is 41.6 Å². The lowest BCUT2D eigenvalue weighted by molar-refractivity contribution is -0.137. The number of aromatic nitrogens is 2. The Hall–Kier alpha value is -2.16. The molecule has 1 aromatic heterocycles. The van der Waals surface area contributed by atoms with Crippen molar-refractivity contribution < 1.29 is 17.4 Å². The second-order valence-corrected chi connectivity index (χ2v) is 8.83. The highest BCUT2D eigenvalue weighted by atomic mass is 32.2. The molecule has 9 heteroatoms. The van der Waals surface area contributed by atoms with Crippen LogP contribution in [0, 0.1) is 0 Å². The van der Waals surface area contributed by atoms with Gasteiger partial charge in [0.05, 0.1) is 5.25 Å². The molecule has 1 heterocycles. The Bertz CT molecular complexity index is 855. The molecule has 2 N–H and O–H groups in total. The smallest absolute Gasteiger partial charge is 0.367 e. The number of alkyl halides is 3. The maximum Gasteiger partial charge on any atom is 0.421 e. The van der Waals surface area contributed by atoms with E-state index in [2.05, 4.69) is 20.6 Å². The van der Waals surface area contributed by atoms with Gasteiger partial charge < -0.3 is 10.6 Å². The normalized spacial score (nSPS) is 16.9. The average Bonchev–Trinajstić information content (AvgIpc) is 2.63. The molecule has 1 aromatic carbocycles. The summed E-state index contributed by atoms with van der Waals surface area (Å²) in [5, 5.41) is 5.69. The van der Waals surface area contributed by atoms with Crippen LogP contribution >= 0.6 is 0 Å². The van der Waals surface area contributed by atoms with Crippen LogP contribution in [0.4, 0.5) is 30.6 Å². The van der Waals surface area contributed by atoms with Gasteiger partial charge in [0, 0.05) is 34.5 Å². The van der Waals surface area contributed by atoms with E-state index in [4.69, 9.17) is 0 Å². The van der Waals surface area contributed by atoms with Crippen LogP contribution in [0.15, 0.2) is 30.5 Å². The molecule has 5 nitrogen and oxygen atoms in total. The zero-order valence-corrected chi connectivity index (χ0v) is 16.5. The summed E-state index contributed by atoms with van der Waals surface area (Å²) in [4.78, 5) is 7.90. The molecule has 2 aromatic rings. The molecule has 28 heavy (non-hydrogen) atoms. The fraction of sp³-hybridized carbons (Fsp3) is 0.474. The van der Waals surface area contributed by atoms with Crippen LogP contribution in [-0.2, 0) is 17.0 Å². The highest BCUT2D eigenvalue weighted by Crippen LogP contribution is 2.36. The van der Waals surface area contributed by atoms with Gasteiger partial charge in [0.1, 0.15) is 11.4 Å². The topological polar surface area (TPSA) is 66.9 Å². The van der Waals surface area contributed by atoms with Crippen molar-refractivity contribution in [1.82, 2.24) is 9.97 Å². The molecule has 0 spiro atoms. The first-order valence-electron chi connectivity index (χ1n) is 9.23. The first-order valence-corrected chi connectivity index (χ1v) is 10.6. The number of anilines is 3. The third kappa shape index (κ3) is 4.81. The Morgan fingerprint density at radius 2 is 2.07 bits per heavy atom. The van der Waals surface area contributed by atoms with Crippen LogP contribution in [0.2, 0.25) is 0 Å².